The maximum absolute atomic E-state index is 5.65. The smallest absolute Gasteiger partial charge is 0.0830 e. The van der Waals surface area contributed by atoms with Crippen molar-refractivity contribution in [3.05, 3.63) is 42.1 Å². The number of nitrogens with two attached hydrogens (primary N) is 1. The van der Waals surface area contributed by atoms with Crippen LogP contribution in [-0.4, -0.2) is 17.7 Å². The summed E-state index contributed by atoms with van der Waals surface area (Å²) in [6.07, 6.45) is 1.84. The average molecular weight is 245 g/mol. The molecule has 0 amide bonds. The van der Waals surface area contributed by atoms with E-state index in [4.69, 9.17) is 10.6 Å². The number of nitrogens with zero attached hydrogens (tertiary/aromatic N) is 1. The molecule has 96 valence electrons. The van der Waals surface area contributed by atoms with E-state index in [1.165, 1.54) is 0 Å². The van der Waals surface area contributed by atoms with Crippen LogP contribution >= 0.6 is 0 Å². The van der Waals surface area contributed by atoms with Gasteiger partial charge < -0.3 is 4.74 Å². The Morgan fingerprint density at radius 1 is 1.33 bits per heavy atom. The van der Waals surface area contributed by atoms with E-state index in [0.717, 1.165) is 16.5 Å². The van der Waals surface area contributed by atoms with Crippen LogP contribution in [-0.2, 0) is 4.74 Å². The van der Waals surface area contributed by atoms with Crippen LogP contribution < -0.4 is 11.3 Å². The van der Waals surface area contributed by atoms with Gasteiger partial charge in [-0.05, 0) is 31.5 Å². The van der Waals surface area contributed by atoms with Crippen LogP contribution in [0.25, 0.3) is 10.9 Å². The second-order valence-corrected chi connectivity index (χ2v) is 4.87. The molecule has 4 nitrogen and oxygen atoms in total. The molecule has 2 aromatic rings. The molecule has 0 aliphatic carbocycles. The van der Waals surface area contributed by atoms with Crippen molar-refractivity contribution in [2.75, 3.05) is 7.11 Å². The first kappa shape index (κ1) is 13.0. The molecule has 0 spiro atoms. The first-order valence-electron chi connectivity index (χ1n) is 5.94. The Balaban J connectivity index is 2.46. The van der Waals surface area contributed by atoms with Crippen molar-refractivity contribution < 1.29 is 4.74 Å². The van der Waals surface area contributed by atoms with E-state index in [1.807, 2.05) is 44.3 Å². The maximum Gasteiger partial charge on any atom is 0.0830 e. The number of para-hydroxylation sites is 1. The average Bonchev–Trinajstić information content (AvgIpc) is 2.39. The summed E-state index contributed by atoms with van der Waals surface area (Å²) in [4.78, 5) is 4.45. The number of pyridine rings is 1. The first-order valence-corrected chi connectivity index (χ1v) is 5.94. The van der Waals surface area contributed by atoms with Gasteiger partial charge in [-0.1, -0.05) is 18.2 Å². The first-order chi connectivity index (χ1) is 8.58. The van der Waals surface area contributed by atoms with Crippen molar-refractivity contribution in [3.8, 4) is 0 Å². The number of hydrogen-bond donors (Lipinski definition) is 2. The molecule has 0 saturated heterocycles. The van der Waals surface area contributed by atoms with Crippen molar-refractivity contribution in [2.24, 2.45) is 5.84 Å². The van der Waals surface area contributed by atoms with E-state index < -0.39 is 5.60 Å². The number of rotatable bonds is 4. The van der Waals surface area contributed by atoms with Gasteiger partial charge in [0, 0.05) is 18.7 Å². The largest absolute Gasteiger partial charge is 0.377 e. The Kier molecular flexibility index (Phi) is 3.61. The minimum Gasteiger partial charge on any atom is -0.377 e. The van der Waals surface area contributed by atoms with E-state index in [0.29, 0.717) is 0 Å². The quantitative estimate of drug-likeness (QED) is 0.640. The third-order valence-electron chi connectivity index (χ3n) is 3.33. The highest BCUT2D eigenvalue weighted by Gasteiger charge is 2.30. The molecule has 0 aliphatic heterocycles. The predicted octanol–water partition coefficient (Wildman–Crippen LogP) is 2.16. The highest BCUT2D eigenvalue weighted by Crippen LogP contribution is 2.28. The fourth-order valence-corrected chi connectivity index (χ4v) is 2.06. The summed E-state index contributed by atoms with van der Waals surface area (Å²) in [7, 11) is 1.68. The van der Waals surface area contributed by atoms with Gasteiger partial charge in [-0.15, -0.1) is 0 Å². The van der Waals surface area contributed by atoms with Gasteiger partial charge in [0.1, 0.15) is 0 Å². The summed E-state index contributed by atoms with van der Waals surface area (Å²) < 4.78 is 5.49. The molecule has 2 rings (SSSR count). The highest BCUT2D eigenvalue weighted by molar-refractivity contribution is 5.78. The van der Waals surface area contributed by atoms with Gasteiger partial charge in [-0.25, -0.2) is 0 Å². The molecular weight excluding hydrogens is 226 g/mol. The van der Waals surface area contributed by atoms with Crippen molar-refractivity contribution in [3.63, 3.8) is 0 Å². The fraction of sp³-hybridized carbons (Fsp3) is 0.357. The number of methoxy groups -OCH3 is 1. The zero-order valence-corrected chi connectivity index (χ0v) is 11.0. The number of fused-ring (bicyclic) bond motifs is 1. The number of hydrogen-bond acceptors (Lipinski definition) is 4. The van der Waals surface area contributed by atoms with E-state index >= 15 is 0 Å². The summed E-state index contributed by atoms with van der Waals surface area (Å²) in [6, 6.07) is 9.99. The normalized spacial score (nSPS) is 13.8. The number of benzene rings is 1. The SMILES string of the molecule is COC(C)(C)C(NN)c1cnc2ccccc2c1. The molecular formula is C14H19N3O. The molecule has 4 heteroatoms. The summed E-state index contributed by atoms with van der Waals surface area (Å²) in [6.45, 7) is 3.99. The zero-order valence-electron chi connectivity index (χ0n) is 11.0. The molecule has 0 radical (unpaired) electrons. The molecule has 18 heavy (non-hydrogen) atoms. The topological polar surface area (TPSA) is 60.2 Å². The number of ether oxygens (including phenoxy) is 1. The summed E-state index contributed by atoms with van der Waals surface area (Å²) in [5.74, 6) is 5.65. The van der Waals surface area contributed by atoms with Gasteiger partial charge in [0.05, 0.1) is 17.2 Å². The molecule has 3 N–H and O–H groups in total. The van der Waals surface area contributed by atoms with Crippen LogP contribution in [0.4, 0.5) is 0 Å². The van der Waals surface area contributed by atoms with Gasteiger partial charge in [0.2, 0.25) is 0 Å². The molecule has 1 unspecified atom stereocenters. The Bertz CT molecular complexity index is 539. The van der Waals surface area contributed by atoms with E-state index in [1.54, 1.807) is 7.11 Å². The second-order valence-electron chi connectivity index (χ2n) is 4.87. The molecule has 1 aromatic carbocycles. The van der Waals surface area contributed by atoms with Gasteiger partial charge in [0.15, 0.2) is 0 Å². The Morgan fingerprint density at radius 2 is 2.06 bits per heavy atom. The summed E-state index contributed by atoms with van der Waals surface area (Å²) in [5, 5.41) is 1.10. The molecule has 1 heterocycles. The Hall–Kier alpha value is -1.49. The van der Waals surface area contributed by atoms with Gasteiger partial charge in [0.25, 0.3) is 0 Å². The molecule has 0 fully saturated rings. The number of hydrazine groups is 1. The lowest BCUT2D eigenvalue weighted by Crippen LogP contribution is -2.44. The maximum atomic E-state index is 5.65. The van der Waals surface area contributed by atoms with Crippen molar-refractivity contribution >= 4 is 10.9 Å². The van der Waals surface area contributed by atoms with E-state index in [2.05, 4.69) is 16.5 Å². The van der Waals surface area contributed by atoms with Crippen LogP contribution in [0, 0.1) is 0 Å². The molecule has 0 aliphatic rings. The highest BCUT2D eigenvalue weighted by atomic mass is 16.5. The van der Waals surface area contributed by atoms with Gasteiger partial charge in [-0.2, -0.15) is 0 Å². The summed E-state index contributed by atoms with van der Waals surface area (Å²) in [5.41, 5.74) is 4.40. The Labute approximate surface area is 107 Å². The number of aromatic nitrogens is 1. The second kappa shape index (κ2) is 5.02. The van der Waals surface area contributed by atoms with Crippen molar-refractivity contribution in [1.82, 2.24) is 10.4 Å². The minimum absolute atomic E-state index is 0.111. The van der Waals surface area contributed by atoms with E-state index in [9.17, 15) is 0 Å². The lowest BCUT2D eigenvalue weighted by atomic mass is 9.92. The van der Waals surface area contributed by atoms with Crippen molar-refractivity contribution in [1.29, 1.82) is 0 Å². The monoisotopic (exact) mass is 245 g/mol. The minimum atomic E-state index is -0.404. The van der Waals surface area contributed by atoms with E-state index in [-0.39, 0.29) is 6.04 Å². The standard InChI is InChI=1S/C14H19N3O/c1-14(2,18-3)13(17-15)11-8-10-6-4-5-7-12(10)16-9-11/h4-9,13,17H,15H2,1-3H3. The van der Waals surface area contributed by atoms with Crippen LogP contribution in [0.1, 0.15) is 25.5 Å². The van der Waals surface area contributed by atoms with Crippen molar-refractivity contribution in [2.45, 2.75) is 25.5 Å². The van der Waals surface area contributed by atoms with Gasteiger partial charge in [-0.3, -0.25) is 16.3 Å². The van der Waals surface area contributed by atoms with Crippen LogP contribution in [0.2, 0.25) is 0 Å². The summed E-state index contributed by atoms with van der Waals surface area (Å²) >= 11 is 0. The van der Waals surface area contributed by atoms with Crippen LogP contribution in [0.3, 0.4) is 0 Å². The van der Waals surface area contributed by atoms with Gasteiger partial charge >= 0.3 is 0 Å². The lowest BCUT2D eigenvalue weighted by Gasteiger charge is -2.32. The third kappa shape index (κ3) is 2.36. The number of nitrogens with one attached hydrogen (secondary N) is 1. The molecule has 0 bridgehead atoms. The molecule has 0 saturated carbocycles. The van der Waals surface area contributed by atoms with Crippen LogP contribution in [0.5, 0.6) is 0 Å². The van der Waals surface area contributed by atoms with Crippen LogP contribution in [0.15, 0.2) is 36.5 Å². The predicted molar refractivity (Wildman–Crippen MR) is 72.9 cm³/mol. The fourth-order valence-electron chi connectivity index (χ4n) is 2.06. The lowest BCUT2D eigenvalue weighted by molar-refractivity contribution is -0.0112. The third-order valence-corrected chi connectivity index (χ3v) is 3.33. The zero-order chi connectivity index (χ0) is 13.2. The molecule has 1 atom stereocenters. The molecule has 1 aromatic heterocycles. The Morgan fingerprint density at radius 3 is 2.72 bits per heavy atom.